The Hall–Kier alpha value is -1.29. The number of furan rings is 1. The van der Waals surface area contributed by atoms with Crippen molar-refractivity contribution in [3.8, 4) is 0 Å². The largest absolute Gasteiger partial charge is 0.466 e. The SMILES string of the molecule is Cc1cc(C(=O)NC(CN)CC(C)C)c(C)o1. The lowest BCUT2D eigenvalue weighted by atomic mass is 10.0. The molecule has 0 bridgehead atoms. The molecule has 0 saturated carbocycles. The fourth-order valence-electron chi connectivity index (χ4n) is 1.90. The third-order valence-electron chi connectivity index (χ3n) is 2.66. The van der Waals surface area contributed by atoms with Crippen LogP contribution in [0.3, 0.4) is 0 Å². The van der Waals surface area contributed by atoms with Crippen molar-refractivity contribution in [1.29, 1.82) is 0 Å². The zero-order chi connectivity index (χ0) is 13.0. The van der Waals surface area contributed by atoms with Crippen LogP contribution in [0.25, 0.3) is 0 Å². The lowest BCUT2D eigenvalue weighted by molar-refractivity contribution is 0.0932. The lowest BCUT2D eigenvalue weighted by Crippen LogP contribution is -2.41. The van der Waals surface area contributed by atoms with Crippen molar-refractivity contribution < 1.29 is 9.21 Å². The number of carbonyl (C=O) groups is 1. The van der Waals surface area contributed by atoms with Crippen molar-refractivity contribution in [3.63, 3.8) is 0 Å². The van der Waals surface area contributed by atoms with Crippen LogP contribution in [0.2, 0.25) is 0 Å². The summed E-state index contributed by atoms with van der Waals surface area (Å²) in [7, 11) is 0. The monoisotopic (exact) mass is 238 g/mol. The minimum Gasteiger partial charge on any atom is -0.466 e. The first-order valence-corrected chi connectivity index (χ1v) is 6.02. The Kier molecular flexibility index (Phi) is 4.75. The molecule has 4 heteroatoms. The number of aryl methyl sites for hydroxylation is 2. The molecule has 17 heavy (non-hydrogen) atoms. The summed E-state index contributed by atoms with van der Waals surface area (Å²) in [6.45, 7) is 8.31. The van der Waals surface area contributed by atoms with Gasteiger partial charge in [0.15, 0.2) is 0 Å². The summed E-state index contributed by atoms with van der Waals surface area (Å²) >= 11 is 0. The summed E-state index contributed by atoms with van der Waals surface area (Å²) in [6.07, 6.45) is 0.887. The Labute approximate surface area is 103 Å². The van der Waals surface area contributed by atoms with Gasteiger partial charge in [-0.15, -0.1) is 0 Å². The molecule has 96 valence electrons. The third-order valence-corrected chi connectivity index (χ3v) is 2.66. The number of hydrogen-bond acceptors (Lipinski definition) is 3. The van der Waals surface area contributed by atoms with E-state index >= 15 is 0 Å². The molecule has 0 fully saturated rings. The summed E-state index contributed by atoms with van der Waals surface area (Å²) in [5.41, 5.74) is 6.25. The van der Waals surface area contributed by atoms with Gasteiger partial charge >= 0.3 is 0 Å². The summed E-state index contributed by atoms with van der Waals surface area (Å²) in [4.78, 5) is 12.0. The Morgan fingerprint density at radius 1 is 1.47 bits per heavy atom. The van der Waals surface area contributed by atoms with E-state index in [9.17, 15) is 4.79 Å². The lowest BCUT2D eigenvalue weighted by Gasteiger charge is -2.18. The first kappa shape index (κ1) is 13.8. The topological polar surface area (TPSA) is 68.3 Å². The molecule has 0 saturated heterocycles. The minimum atomic E-state index is -0.101. The molecule has 4 nitrogen and oxygen atoms in total. The van der Waals surface area contributed by atoms with Crippen LogP contribution in [0.1, 0.15) is 42.1 Å². The predicted molar refractivity (Wildman–Crippen MR) is 67.9 cm³/mol. The van der Waals surface area contributed by atoms with Gasteiger partial charge in [-0.1, -0.05) is 13.8 Å². The number of hydrogen-bond donors (Lipinski definition) is 2. The van der Waals surface area contributed by atoms with Crippen LogP contribution >= 0.6 is 0 Å². The quantitative estimate of drug-likeness (QED) is 0.824. The van der Waals surface area contributed by atoms with E-state index in [0.717, 1.165) is 12.2 Å². The molecule has 1 aromatic rings. The standard InChI is InChI=1S/C13H22N2O2/c1-8(2)5-11(7-14)15-13(16)12-6-9(3)17-10(12)4/h6,8,11H,5,7,14H2,1-4H3,(H,15,16). The van der Waals surface area contributed by atoms with Gasteiger partial charge < -0.3 is 15.5 Å². The molecule has 0 aromatic carbocycles. The van der Waals surface area contributed by atoms with Gasteiger partial charge in [-0.3, -0.25) is 4.79 Å². The number of nitrogens with one attached hydrogen (secondary N) is 1. The Balaban J connectivity index is 2.67. The van der Waals surface area contributed by atoms with Crippen LogP contribution in [-0.4, -0.2) is 18.5 Å². The van der Waals surface area contributed by atoms with Crippen LogP contribution < -0.4 is 11.1 Å². The molecule has 0 spiro atoms. The summed E-state index contributed by atoms with van der Waals surface area (Å²) in [5.74, 6) is 1.81. The molecular weight excluding hydrogens is 216 g/mol. The maximum absolute atomic E-state index is 12.0. The van der Waals surface area contributed by atoms with E-state index in [-0.39, 0.29) is 11.9 Å². The predicted octanol–water partition coefficient (Wildman–Crippen LogP) is 2.00. The minimum absolute atomic E-state index is 0.0251. The zero-order valence-electron chi connectivity index (χ0n) is 11.0. The highest BCUT2D eigenvalue weighted by Crippen LogP contribution is 2.14. The van der Waals surface area contributed by atoms with Gasteiger partial charge in [0.1, 0.15) is 11.5 Å². The Bertz CT molecular complexity index is 383. The Morgan fingerprint density at radius 2 is 2.12 bits per heavy atom. The van der Waals surface area contributed by atoms with Crippen molar-refractivity contribution in [2.75, 3.05) is 6.54 Å². The van der Waals surface area contributed by atoms with Crippen LogP contribution in [-0.2, 0) is 0 Å². The normalized spacial score (nSPS) is 12.8. The van der Waals surface area contributed by atoms with Gasteiger partial charge in [0.25, 0.3) is 5.91 Å². The van der Waals surface area contributed by atoms with E-state index in [1.807, 2.05) is 6.92 Å². The molecule has 1 amide bonds. The first-order valence-electron chi connectivity index (χ1n) is 6.02. The molecule has 1 aromatic heterocycles. The maximum Gasteiger partial charge on any atom is 0.255 e. The van der Waals surface area contributed by atoms with Gasteiger partial charge in [0.2, 0.25) is 0 Å². The second-order valence-electron chi connectivity index (χ2n) is 4.86. The highest BCUT2D eigenvalue weighted by atomic mass is 16.3. The molecule has 0 radical (unpaired) electrons. The van der Waals surface area contributed by atoms with E-state index in [4.69, 9.17) is 10.2 Å². The van der Waals surface area contributed by atoms with Crippen LogP contribution in [0, 0.1) is 19.8 Å². The van der Waals surface area contributed by atoms with Gasteiger partial charge in [0, 0.05) is 12.6 Å². The molecule has 3 N–H and O–H groups in total. The molecule has 1 atom stereocenters. The molecule has 1 rings (SSSR count). The van der Waals surface area contributed by atoms with Crippen molar-refractivity contribution in [2.24, 2.45) is 11.7 Å². The van der Waals surface area contributed by atoms with Crippen molar-refractivity contribution in [3.05, 3.63) is 23.2 Å². The van der Waals surface area contributed by atoms with Gasteiger partial charge in [0.05, 0.1) is 5.56 Å². The van der Waals surface area contributed by atoms with E-state index in [1.54, 1.807) is 13.0 Å². The summed E-state index contributed by atoms with van der Waals surface area (Å²) in [5, 5.41) is 2.94. The van der Waals surface area contributed by atoms with Gasteiger partial charge in [-0.25, -0.2) is 0 Å². The fraction of sp³-hybridized carbons (Fsp3) is 0.615. The van der Waals surface area contributed by atoms with E-state index in [1.165, 1.54) is 0 Å². The molecule has 1 unspecified atom stereocenters. The second kappa shape index (κ2) is 5.87. The average molecular weight is 238 g/mol. The maximum atomic E-state index is 12.0. The van der Waals surface area contributed by atoms with E-state index in [2.05, 4.69) is 19.2 Å². The molecule has 0 aliphatic carbocycles. The fourth-order valence-corrected chi connectivity index (χ4v) is 1.90. The smallest absolute Gasteiger partial charge is 0.255 e. The number of carbonyl (C=O) groups excluding carboxylic acids is 1. The molecule has 0 aliphatic rings. The van der Waals surface area contributed by atoms with Crippen molar-refractivity contribution in [2.45, 2.75) is 40.2 Å². The highest BCUT2D eigenvalue weighted by molar-refractivity contribution is 5.95. The van der Waals surface area contributed by atoms with E-state index < -0.39 is 0 Å². The summed E-state index contributed by atoms with van der Waals surface area (Å²) < 4.78 is 5.34. The van der Waals surface area contributed by atoms with Crippen molar-refractivity contribution >= 4 is 5.91 Å². The second-order valence-corrected chi connectivity index (χ2v) is 4.86. The van der Waals surface area contributed by atoms with E-state index in [0.29, 0.717) is 23.8 Å². The zero-order valence-corrected chi connectivity index (χ0v) is 11.0. The van der Waals surface area contributed by atoms with Gasteiger partial charge in [-0.2, -0.15) is 0 Å². The molecular formula is C13H22N2O2. The summed E-state index contributed by atoms with van der Waals surface area (Å²) in [6, 6.07) is 1.78. The molecule has 0 aliphatic heterocycles. The number of nitrogens with two attached hydrogens (primary N) is 1. The average Bonchev–Trinajstić information content (AvgIpc) is 2.56. The third kappa shape index (κ3) is 3.89. The van der Waals surface area contributed by atoms with Crippen LogP contribution in [0.15, 0.2) is 10.5 Å². The van der Waals surface area contributed by atoms with Crippen molar-refractivity contribution in [1.82, 2.24) is 5.32 Å². The molecule has 1 heterocycles. The Morgan fingerprint density at radius 3 is 2.53 bits per heavy atom. The number of amides is 1. The van der Waals surface area contributed by atoms with Crippen LogP contribution in [0.5, 0.6) is 0 Å². The van der Waals surface area contributed by atoms with Gasteiger partial charge in [-0.05, 0) is 32.3 Å². The first-order chi connectivity index (χ1) is 7.93. The number of rotatable bonds is 5. The highest BCUT2D eigenvalue weighted by Gasteiger charge is 2.17. The van der Waals surface area contributed by atoms with Crippen LogP contribution in [0.4, 0.5) is 0 Å².